The van der Waals surface area contributed by atoms with Crippen LogP contribution in [0.5, 0.6) is 0 Å². The summed E-state index contributed by atoms with van der Waals surface area (Å²) in [5.41, 5.74) is 9.94. The molecule has 1 unspecified atom stereocenters. The molecule has 2 heteroatoms. The van der Waals surface area contributed by atoms with Crippen molar-refractivity contribution in [1.82, 2.24) is 0 Å². The molecule has 0 bridgehead atoms. The molecule has 0 spiro atoms. The second-order valence-corrected chi connectivity index (χ2v) is 3.70. The van der Waals surface area contributed by atoms with E-state index in [1.54, 1.807) is 7.11 Å². The van der Waals surface area contributed by atoms with Crippen molar-refractivity contribution in [3.05, 3.63) is 34.9 Å². The van der Waals surface area contributed by atoms with Gasteiger partial charge in [0.2, 0.25) is 0 Å². The van der Waals surface area contributed by atoms with E-state index in [1.165, 1.54) is 16.7 Å². The van der Waals surface area contributed by atoms with Crippen LogP contribution in [-0.4, -0.2) is 13.2 Å². The number of ether oxygens (including phenoxy) is 1. The lowest BCUT2D eigenvalue weighted by Gasteiger charge is -2.02. The van der Waals surface area contributed by atoms with Gasteiger partial charge in [0.1, 0.15) is 0 Å². The zero-order valence-electron chi connectivity index (χ0n) is 7.92. The maximum atomic E-state index is 5.88. The van der Waals surface area contributed by atoms with Crippen molar-refractivity contribution >= 4 is 0 Å². The Kier molecular flexibility index (Phi) is 2.34. The Morgan fingerprint density at radius 2 is 2.15 bits per heavy atom. The smallest absolute Gasteiger partial charge is 0.0713 e. The summed E-state index contributed by atoms with van der Waals surface area (Å²) in [5, 5.41) is 0. The van der Waals surface area contributed by atoms with E-state index in [1.807, 2.05) is 0 Å². The molecule has 0 heterocycles. The summed E-state index contributed by atoms with van der Waals surface area (Å²) < 4.78 is 5.08. The Morgan fingerprint density at radius 1 is 1.38 bits per heavy atom. The first kappa shape index (κ1) is 8.73. The van der Waals surface area contributed by atoms with Crippen LogP contribution in [0.4, 0.5) is 0 Å². The fourth-order valence-electron chi connectivity index (χ4n) is 1.96. The molecule has 1 aromatic rings. The van der Waals surface area contributed by atoms with Crippen molar-refractivity contribution in [3.8, 4) is 0 Å². The molecule has 1 aromatic carbocycles. The van der Waals surface area contributed by atoms with Crippen LogP contribution in [0.15, 0.2) is 18.2 Å². The van der Waals surface area contributed by atoms with Crippen molar-refractivity contribution < 1.29 is 4.74 Å². The van der Waals surface area contributed by atoms with Crippen LogP contribution in [0.3, 0.4) is 0 Å². The van der Waals surface area contributed by atoms with Crippen molar-refractivity contribution in [2.75, 3.05) is 7.11 Å². The van der Waals surface area contributed by atoms with E-state index in [0.717, 1.165) is 12.8 Å². The topological polar surface area (TPSA) is 35.2 Å². The molecule has 0 amide bonds. The average Bonchev–Trinajstić information content (AvgIpc) is 2.44. The van der Waals surface area contributed by atoms with Gasteiger partial charge in [0.25, 0.3) is 0 Å². The predicted octanol–water partition coefficient (Wildman–Crippen LogP) is 1.26. The maximum absolute atomic E-state index is 5.88. The standard InChI is InChI=1S/C11H15NO/c1-13-7-8-2-3-9-5-11(12)6-10(9)4-8/h2-4,11H,5-7,12H2,1H3. The van der Waals surface area contributed by atoms with E-state index >= 15 is 0 Å². The number of hydrogen-bond acceptors (Lipinski definition) is 2. The molecular weight excluding hydrogens is 162 g/mol. The lowest BCUT2D eigenvalue weighted by Crippen LogP contribution is -2.18. The number of fused-ring (bicyclic) bond motifs is 1. The van der Waals surface area contributed by atoms with Crippen molar-refractivity contribution in [2.45, 2.75) is 25.5 Å². The quantitative estimate of drug-likeness (QED) is 0.738. The fraction of sp³-hybridized carbons (Fsp3) is 0.455. The molecule has 0 aliphatic heterocycles. The Bertz CT molecular complexity index is 309. The van der Waals surface area contributed by atoms with Gasteiger partial charge in [0.15, 0.2) is 0 Å². The number of nitrogens with two attached hydrogens (primary N) is 1. The van der Waals surface area contributed by atoms with Crippen LogP contribution in [0.1, 0.15) is 16.7 Å². The van der Waals surface area contributed by atoms with E-state index in [9.17, 15) is 0 Å². The molecule has 2 rings (SSSR count). The average molecular weight is 177 g/mol. The van der Waals surface area contributed by atoms with Gasteiger partial charge in [0, 0.05) is 13.2 Å². The number of methoxy groups -OCH3 is 1. The van der Waals surface area contributed by atoms with E-state index in [0.29, 0.717) is 12.6 Å². The third-order valence-electron chi connectivity index (χ3n) is 2.55. The second kappa shape index (κ2) is 3.48. The van der Waals surface area contributed by atoms with E-state index in [4.69, 9.17) is 10.5 Å². The van der Waals surface area contributed by atoms with Crippen LogP contribution in [0, 0.1) is 0 Å². The fourth-order valence-corrected chi connectivity index (χ4v) is 1.96. The first-order valence-electron chi connectivity index (χ1n) is 4.65. The summed E-state index contributed by atoms with van der Waals surface area (Å²) in [6.45, 7) is 0.697. The highest BCUT2D eigenvalue weighted by atomic mass is 16.5. The van der Waals surface area contributed by atoms with Crippen LogP contribution in [0.25, 0.3) is 0 Å². The second-order valence-electron chi connectivity index (χ2n) is 3.70. The minimum Gasteiger partial charge on any atom is -0.380 e. The number of rotatable bonds is 2. The zero-order chi connectivity index (χ0) is 9.26. The summed E-state index contributed by atoms with van der Waals surface area (Å²) in [6, 6.07) is 6.84. The van der Waals surface area contributed by atoms with Gasteiger partial charge in [-0.1, -0.05) is 18.2 Å². The molecule has 2 N–H and O–H groups in total. The molecule has 0 fully saturated rings. The number of benzene rings is 1. The van der Waals surface area contributed by atoms with Gasteiger partial charge in [-0.3, -0.25) is 0 Å². The Balaban J connectivity index is 2.24. The summed E-state index contributed by atoms with van der Waals surface area (Å²) in [7, 11) is 1.72. The molecule has 0 saturated heterocycles. The molecule has 0 aromatic heterocycles. The van der Waals surface area contributed by atoms with Gasteiger partial charge < -0.3 is 10.5 Å². The third-order valence-corrected chi connectivity index (χ3v) is 2.55. The highest BCUT2D eigenvalue weighted by Gasteiger charge is 2.17. The normalized spacial score (nSPS) is 20.3. The molecule has 0 radical (unpaired) electrons. The summed E-state index contributed by atoms with van der Waals surface area (Å²) in [5.74, 6) is 0. The van der Waals surface area contributed by atoms with Gasteiger partial charge in [-0.05, 0) is 29.5 Å². The summed E-state index contributed by atoms with van der Waals surface area (Å²) in [6.07, 6.45) is 2.05. The van der Waals surface area contributed by atoms with Gasteiger partial charge in [-0.15, -0.1) is 0 Å². The summed E-state index contributed by atoms with van der Waals surface area (Å²) in [4.78, 5) is 0. The molecular formula is C11H15NO. The van der Waals surface area contributed by atoms with Gasteiger partial charge in [0.05, 0.1) is 6.61 Å². The molecule has 13 heavy (non-hydrogen) atoms. The highest BCUT2D eigenvalue weighted by Crippen LogP contribution is 2.22. The van der Waals surface area contributed by atoms with Crippen molar-refractivity contribution in [1.29, 1.82) is 0 Å². The Morgan fingerprint density at radius 3 is 2.92 bits per heavy atom. The molecule has 1 aliphatic rings. The Labute approximate surface area is 78.7 Å². The lowest BCUT2D eigenvalue weighted by molar-refractivity contribution is 0.185. The predicted molar refractivity (Wildman–Crippen MR) is 52.5 cm³/mol. The van der Waals surface area contributed by atoms with Gasteiger partial charge >= 0.3 is 0 Å². The first-order chi connectivity index (χ1) is 6.29. The minimum absolute atomic E-state index is 0.327. The first-order valence-corrected chi connectivity index (χ1v) is 4.65. The molecule has 1 atom stereocenters. The zero-order valence-corrected chi connectivity index (χ0v) is 7.92. The van der Waals surface area contributed by atoms with Gasteiger partial charge in [-0.2, -0.15) is 0 Å². The molecule has 2 nitrogen and oxygen atoms in total. The number of hydrogen-bond donors (Lipinski definition) is 1. The largest absolute Gasteiger partial charge is 0.380 e. The summed E-state index contributed by atoms with van der Waals surface area (Å²) >= 11 is 0. The van der Waals surface area contributed by atoms with Crippen LogP contribution >= 0.6 is 0 Å². The van der Waals surface area contributed by atoms with Gasteiger partial charge in [-0.25, -0.2) is 0 Å². The van der Waals surface area contributed by atoms with E-state index < -0.39 is 0 Å². The highest BCUT2D eigenvalue weighted by molar-refractivity contribution is 5.36. The lowest BCUT2D eigenvalue weighted by atomic mass is 10.1. The monoisotopic (exact) mass is 177 g/mol. The minimum atomic E-state index is 0.327. The van der Waals surface area contributed by atoms with Crippen molar-refractivity contribution in [3.63, 3.8) is 0 Å². The van der Waals surface area contributed by atoms with E-state index in [2.05, 4.69) is 18.2 Å². The SMILES string of the molecule is COCc1ccc2c(c1)CC(N)C2. The maximum Gasteiger partial charge on any atom is 0.0713 e. The third kappa shape index (κ3) is 1.74. The Hall–Kier alpha value is -0.860. The van der Waals surface area contributed by atoms with E-state index in [-0.39, 0.29) is 0 Å². The van der Waals surface area contributed by atoms with Crippen LogP contribution < -0.4 is 5.73 Å². The van der Waals surface area contributed by atoms with Crippen LogP contribution in [-0.2, 0) is 24.2 Å². The molecule has 70 valence electrons. The molecule has 0 saturated carbocycles. The molecule has 1 aliphatic carbocycles. The van der Waals surface area contributed by atoms with Crippen molar-refractivity contribution in [2.24, 2.45) is 5.73 Å². The van der Waals surface area contributed by atoms with Crippen LogP contribution in [0.2, 0.25) is 0 Å².